The van der Waals surface area contributed by atoms with E-state index in [9.17, 15) is 9.18 Å². The summed E-state index contributed by atoms with van der Waals surface area (Å²) < 4.78 is 20.0. The third kappa shape index (κ3) is 4.53. The molecule has 7 nitrogen and oxygen atoms in total. The third-order valence-corrected chi connectivity index (χ3v) is 4.67. The minimum atomic E-state index is -0.452. The Balaban J connectivity index is 1.36. The van der Waals surface area contributed by atoms with E-state index >= 15 is 0 Å². The predicted molar refractivity (Wildman–Crippen MR) is 114 cm³/mol. The van der Waals surface area contributed by atoms with Gasteiger partial charge in [-0.15, -0.1) is 0 Å². The quantitative estimate of drug-likeness (QED) is 0.629. The van der Waals surface area contributed by atoms with Gasteiger partial charge in [0.25, 0.3) is 5.91 Å². The number of nitrogens with zero attached hydrogens (tertiary/aromatic N) is 3. The van der Waals surface area contributed by atoms with Crippen LogP contribution < -0.4 is 10.1 Å². The van der Waals surface area contributed by atoms with Crippen molar-refractivity contribution in [3.8, 4) is 5.75 Å². The number of halogens is 1. The van der Waals surface area contributed by atoms with Gasteiger partial charge in [-0.3, -0.25) is 9.89 Å². The molecule has 1 aliphatic rings. The number of hydrogen-bond acceptors (Lipinski definition) is 5. The number of amides is 1. The van der Waals surface area contributed by atoms with E-state index in [1.807, 2.05) is 26.0 Å². The molecular formula is C22H22FN5O2. The SMILES string of the molecule is CC(C)NC(=O)COc1ccc(C2=NN=C(Cc3ccc4[nH]ncc4c3)C2)c(F)c1. The van der Waals surface area contributed by atoms with Crippen molar-refractivity contribution < 1.29 is 13.9 Å². The standard InChI is InChI=1S/C22H22FN5O2/c1-13(2)25-22(29)12-30-17-4-5-18(19(23)10-17)21-9-16(26-28-21)8-14-3-6-20-15(7-14)11-24-27-20/h3-7,10-11,13H,8-9,12H2,1-2H3,(H,24,27)(H,25,29). The summed E-state index contributed by atoms with van der Waals surface area (Å²) in [5.41, 5.74) is 3.92. The molecule has 3 aromatic rings. The molecule has 1 aromatic heterocycles. The smallest absolute Gasteiger partial charge is 0.258 e. The van der Waals surface area contributed by atoms with Crippen molar-refractivity contribution in [2.45, 2.75) is 32.7 Å². The number of carbonyl (C=O) groups is 1. The zero-order valence-electron chi connectivity index (χ0n) is 16.8. The van der Waals surface area contributed by atoms with E-state index in [2.05, 4.69) is 31.8 Å². The molecule has 4 rings (SSSR count). The molecule has 0 saturated heterocycles. The summed E-state index contributed by atoms with van der Waals surface area (Å²) in [6, 6.07) is 10.6. The maximum Gasteiger partial charge on any atom is 0.258 e. The molecule has 0 spiro atoms. The third-order valence-electron chi connectivity index (χ3n) is 4.67. The summed E-state index contributed by atoms with van der Waals surface area (Å²) in [5, 5.41) is 19.1. The first kappa shape index (κ1) is 19.8. The van der Waals surface area contributed by atoms with E-state index < -0.39 is 5.82 Å². The number of ether oxygens (including phenoxy) is 1. The van der Waals surface area contributed by atoms with Crippen LogP contribution in [0.5, 0.6) is 5.75 Å². The average Bonchev–Trinajstić information content (AvgIpc) is 3.35. The molecule has 2 heterocycles. The number of H-pyrrole nitrogens is 1. The highest BCUT2D eigenvalue weighted by atomic mass is 19.1. The maximum atomic E-state index is 14.6. The van der Waals surface area contributed by atoms with Gasteiger partial charge in [0.2, 0.25) is 0 Å². The largest absolute Gasteiger partial charge is 0.484 e. The Morgan fingerprint density at radius 1 is 1.23 bits per heavy atom. The van der Waals surface area contributed by atoms with Gasteiger partial charge in [-0.25, -0.2) is 4.39 Å². The average molecular weight is 407 g/mol. The number of benzene rings is 2. The molecule has 0 fully saturated rings. The fraction of sp³-hybridized carbons (Fsp3) is 0.273. The summed E-state index contributed by atoms with van der Waals surface area (Å²) in [6.45, 7) is 3.56. The summed E-state index contributed by atoms with van der Waals surface area (Å²) in [6.07, 6.45) is 2.90. The second-order valence-electron chi connectivity index (χ2n) is 7.51. The maximum absolute atomic E-state index is 14.6. The number of carbonyl (C=O) groups excluding carboxylic acids is 1. The zero-order chi connectivity index (χ0) is 21.1. The molecule has 0 aliphatic carbocycles. The molecule has 2 N–H and O–H groups in total. The van der Waals surface area contributed by atoms with Crippen LogP contribution >= 0.6 is 0 Å². The highest BCUT2D eigenvalue weighted by molar-refractivity contribution is 6.15. The Bertz CT molecular complexity index is 1150. The number of nitrogens with one attached hydrogen (secondary N) is 2. The van der Waals surface area contributed by atoms with Crippen molar-refractivity contribution >= 4 is 28.2 Å². The van der Waals surface area contributed by atoms with Crippen LogP contribution in [0.4, 0.5) is 4.39 Å². The van der Waals surface area contributed by atoms with Gasteiger partial charge < -0.3 is 10.1 Å². The van der Waals surface area contributed by atoms with Gasteiger partial charge in [0.1, 0.15) is 11.6 Å². The Morgan fingerprint density at radius 2 is 2.10 bits per heavy atom. The Labute approximate surface area is 173 Å². The first-order chi connectivity index (χ1) is 14.5. The Kier molecular flexibility index (Phi) is 5.56. The van der Waals surface area contributed by atoms with Gasteiger partial charge in [0, 0.05) is 35.9 Å². The molecule has 0 radical (unpaired) electrons. The molecule has 1 amide bonds. The lowest BCUT2D eigenvalue weighted by Crippen LogP contribution is -2.34. The van der Waals surface area contributed by atoms with E-state index in [1.165, 1.54) is 6.07 Å². The summed E-state index contributed by atoms with van der Waals surface area (Å²) in [4.78, 5) is 11.7. The topological polar surface area (TPSA) is 91.7 Å². The molecule has 2 aromatic carbocycles. The van der Waals surface area contributed by atoms with Gasteiger partial charge in [0.15, 0.2) is 6.61 Å². The van der Waals surface area contributed by atoms with Crippen LogP contribution in [0.2, 0.25) is 0 Å². The Morgan fingerprint density at radius 3 is 2.90 bits per heavy atom. The predicted octanol–water partition coefficient (Wildman–Crippen LogP) is 3.40. The van der Waals surface area contributed by atoms with Gasteiger partial charge in [-0.1, -0.05) is 6.07 Å². The molecule has 1 aliphatic heterocycles. The van der Waals surface area contributed by atoms with E-state index in [0.717, 1.165) is 22.2 Å². The number of aromatic amines is 1. The lowest BCUT2D eigenvalue weighted by molar-refractivity contribution is -0.123. The molecule has 0 unspecified atom stereocenters. The van der Waals surface area contributed by atoms with Crippen LogP contribution in [0.1, 0.15) is 31.4 Å². The second-order valence-corrected chi connectivity index (χ2v) is 7.51. The highest BCUT2D eigenvalue weighted by Crippen LogP contribution is 2.22. The molecule has 154 valence electrons. The zero-order valence-corrected chi connectivity index (χ0v) is 16.8. The van der Waals surface area contributed by atoms with Gasteiger partial charge in [0.05, 0.1) is 23.1 Å². The van der Waals surface area contributed by atoms with Crippen molar-refractivity contribution in [1.29, 1.82) is 0 Å². The van der Waals surface area contributed by atoms with Crippen molar-refractivity contribution in [1.82, 2.24) is 15.5 Å². The molecule has 0 bridgehead atoms. The number of rotatable bonds is 7. The summed E-state index contributed by atoms with van der Waals surface area (Å²) in [5.74, 6) is -0.406. The van der Waals surface area contributed by atoms with Crippen LogP contribution in [0.3, 0.4) is 0 Å². The molecule has 0 atom stereocenters. The number of aromatic nitrogens is 2. The van der Waals surface area contributed by atoms with Crippen LogP contribution in [0.15, 0.2) is 52.8 Å². The van der Waals surface area contributed by atoms with Crippen molar-refractivity contribution in [2.75, 3.05) is 6.61 Å². The summed E-state index contributed by atoms with van der Waals surface area (Å²) >= 11 is 0. The van der Waals surface area contributed by atoms with Crippen molar-refractivity contribution in [2.24, 2.45) is 10.2 Å². The highest BCUT2D eigenvalue weighted by Gasteiger charge is 2.19. The minimum absolute atomic E-state index is 0.0244. The van der Waals surface area contributed by atoms with Gasteiger partial charge in [-0.05, 0) is 43.7 Å². The van der Waals surface area contributed by atoms with Crippen LogP contribution in [0.25, 0.3) is 10.9 Å². The fourth-order valence-electron chi connectivity index (χ4n) is 3.31. The first-order valence-corrected chi connectivity index (χ1v) is 9.74. The van der Waals surface area contributed by atoms with Crippen LogP contribution in [-0.4, -0.2) is 40.2 Å². The Hall–Kier alpha value is -3.55. The van der Waals surface area contributed by atoms with E-state index in [1.54, 1.807) is 18.3 Å². The molecule has 0 saturated carbocycles. The van der Waals surface area contributed by atoms with Crippen LogP contribution in [0, 0.1) is 5.82 Å². The molecule has 8 heteroatoms. The lowest BCUT2D eigenvalue weighted by atomic mass is 10.00. The van der Waals surface area contributed by atoms with Crippen LogP contribution in [-0.2, 0) is 11.2 Å². The fourth-order valence-corrected chi connectivity index (χ4v) is 3.31. The first-order valence-electron chi connectivity index (χ1n) is 9.74. The second kappa shape index (κ2) is 8.44. The van der Waals surface area contributed by atoms with E-state index in [4.69, 9.17) is 4.74 Å². The van der Waals surface area contributed by atoms with E-state index in [-0.39, 0.29) is 18.6 Å². The lowest BCUT2D eigenvalue weighted by Gasteiger charge is -2.10. The normalized spacial score (nSPS) is 13.5. The number of hydrogen-bond donors (Lipinski definition) is 2. The van der Waals surface area contributed by atoms with Crippen molar-refractivity contribution in [3.63, 3.8) is 0 Å². The molecule has 30 heavy (non-hydrogen) atoms. The minimum Gasteiger partial charge on any atom is -0.484 e. The molecular weight excluding hydrogens is 385 g/mol. The number of fused-ring (bicyclic) bond motifs is 1. The van der Waals surface area contributed by atoms with Gasteiger partial charge >= 0.3 is 0 Å². The van der Waals surface area contributed by atoms with Crippen molar-refractivity contribution in [3.05, 3.63) is 59.5 Å². The summed E-state index contributed by atoms with van der Waals surface area (Å²) in [7, 11) is 0. The monoisotopic (exact) mass is 407 g/mol. The van der Waals surface area contributed by atoms with E-state index in [0.29, 0.717) is 29.9 Å². The van der Waals surface area contributed by atoms with Gasteiger partial charge in [-0.2, -0.15) is 15.3 Å².